The summed E-state index contributed by atoms with van der Waals surface area (Å²) in [6.45, 7) is 1.60. The Labute approximate surface area is 147 Å². The number of nitrogens with zero attached hydrogens (tertiary/aromatic N) is 2. The Morgan fingerprint density at radius 1 is 1.16 bits per heavy atom. The molecule has 1 aliphatic heterocycles. The van der Waals surface area contributed by atoms with Gasteiger partial charge in [-0.05, 0) is 30.3 Å². The smallest absolute Gasteiger partial charge is 0.168 e. The van der Waals surface area contributed by atoms with E-state index < -0.39 is 16.7 Å². The molecule has 0 atom stereocenters. The van der Waals surface area contributed by atoms with Crippen molar-refractivity contribution in [1.82, 2.24) is 15.3 Å². The molecule has 0 radical (unpaired) electrons. The van der Waals surface area contributed by atoms with Crippen LogP contribution in [0.15, 0.2) is 36.7 Å². The van der Waals surface area contributed by atoms with E-state index in [0.717, 1.165) is 19.2 Å². The van der Waals surface area contributed by atoms with Crippen molar-refractivity contribution in [3.05, 3.63) is 53.3 Å². The van der Waals surface area contributed by atoms with Gasteiger partial charge in [-0.25, -0.2) is 18.7 Å². The molecule has 0 unspecified atom stereocenters. The fraction of sp³-hybridized carbons (Fsp3) is 0.176. The van der Waals surface area contributed by atoms with Crippen LogP contribution in [0, 0.1) is 11.6 Å². The van der Waals surface area contributed by atoms with Crippen molar-refractivity contribution in [1.29, 1.82) is 0 Å². The highest BCUT2D eigenvalue weighted by Gasteiger charge is 2.19. The van der Waals surface area contributed by atoms with Crippen LogP contribution in [0.25, 0.3) is 10.9 Å². The lowest BCUT2D eigenvalue weighted by Crippen LogP contribution is -2.50. The minimum Gasteiger partial charge on any atom is -0.488 e. The van der Waals surface area contributed by atoms with Gasteiger partial charge in [-0.3, -0.25) is 0 Å². The lowest BCUT2D eigenvalue weighted by Gasteiger charge is -2.27. The number of anilines is 2. The van der Waals surface area contributed by atoms with E-state index in [2.05, 4.69) is 20.6 Å². The second-order valence-corrected chi connectivity index (χ2v) is 6.03. The molecule has 2 N–H and O–H groups in total. The number of nitrogens with one attached hydrogen (secondary N) is 2. The number of aromatic nitrogens is 2. The predicted octanol–water partition coefficient (Wildman–Crippen LogP) is 3.66. The fourth-order valence-corrected chi connectivity index (χ4v) is 2.66. The van der Waals surface area contributed by atoms with E-state index in [0.29, 0.717) is 22.5 Å². The van der Waals surface area contributed by atoms with E-state index in [1.807, 2.05) is 6.07 Å². The van der Waals surface area contributed by atoms with Gasteiger partial charge in [0.05, 0.1) is 11.2 Å². The molecule has 1 aliphatic rings. The average molecular weight is 363 g/mol. The molecular formula is C17H13ClF2N4O. The zero-order valence-corrected chi connectivity index (χ0v) is 13.6. The molecule has 8 heteroatoms. The zero-order valence-electron chi connectivity index (χ0n) is 12.9. The SMILES string of the molecule is Fc1ccc(Nc2ncnc3ccc(OC4CNC4)cc23)c(F)c1Cl. The molecule has 4 rings (SSSR count). The van der Waals surface area contributed by atoms with E-state index >= 15 is 0 Å². The highest BCUT2D eigenvalue weighted by molar-refractivity contribution is 6.31. The first-order valence-corrected chi connectivity index (χ1v) is 8.02. The van der Waals surface area contributed by atoms with Gasteiger partial charge in [0.15, 0.2) is 5.82 Å². The number of rotatable bonds is 4. The molecule has 128 valence electrons. The number of fused-ring (bicyclic) bond motifs is 1. The van der Waals surface area contributed by atoms with E-state index in [9.17, 15) is 8.78 Å². The Morgan fingerprint density at radius 3 is 2.76 bits per heavy atom. The van der Waals surface area contributed by atoms with Crippen LogP contribution in [-0.4, -0.2) is 29.2 Å². The normalized spacial score (nSPS) is 14.4. The molecule has 0 saturated carbocycles. The summed E-state index contributed by atoms with van der Waals surface area (Å²) < 4.78 is 33.3. The summed E-state index contributed by atoms with van der Waals surface area (Å²) in [5.41, 5.74) is 0.700. The maximum absolute atomic E-state index is 14.1. The van der Waals surface area contributed by atoms with Crippen molar-refractivity contribution in [2.45, 2.75) is 6.10 Å². The van der Waals surface area contributed by atoms with Crippen LogP contribution in [0.3, 0.4) is 0 Å². The second kappa shape index (κ2) is 6.42. The maximum Gasteiger partial charge on any atom is 0.168 e. The first-order chi connectivity index (χ1) is 12.1. The minimum absolute atomic E-state index is 0.0286. The Morgan fingerprint density at radius 2 is 2.00 bits per heavy atom. The minimum atomic E-state index is -0.874. The van der Waals surface area contributed by atoms with Gasteiger partial charge in [0.1, 0.15) is 34.8 Å². The topological polar surface area (TPSA) is 59.1 Å². The Hall–Kier alpha value is -2.51. The predicted molar refractivity (Wildman–Crippen MR) is 91.5 cm³/mol. The number of hydrogen-bond donors (Lipinski definition) is 2. The Bertz CT molecular complexity index is 949. The summed E-state index contributed by atoms with van der Waals surface area (Å²) >= 11 is 5.62. The lowest BCUT2D eigenvalue weighted by molar-refractivity contribution is 0.142. The molecule has 0 spiro atoms. The van der Waals surface area contributed by atoms with Gasteiger partial charge in [-0.1, -0.05) is 11.6 Å². The van der Waals surface area contributed by atoms with Crippen LogP contribution in [0.2, 0.25) is 5.02 Å². The van der Waals surface area contributed by atoms with E-state index in [1.165, 1.54) is 12.4 Å². The van der Waals surface area contributed by atoms with E-state index in [1.54, 1.807) is 12.1 Å². The van der Waals surface area contributed by atoms with Gasteiger partial charge < -0.3 is 15.4 Å². The maximum atomic E-state index is 14.1. The van der Waals surface area contributed by atoms with Crippen molar-refractivity contribution in [3.63, 3.8) is 0 Å². The quantitative estimate of drug-likeness (QED) is 0.694. The summed E-state index contributed by atoms with van der Waals surface area (Å²) in [7, 11) is 0. The Kier molecular flexibility index (Phi) is 4.10. The summed E-state index contributed by atoms with van der Waals surface area (Å²) in [5.74, 6) is -0.637. The van der Waals surface area contributed by atoms with Crippen molar-refractivity contribution >= 4 is 34.0 Å². The monoisotopic (exact) mass is 362 g/mol. The van der Waals surface area contributed by atoms with E-state index in [-0.39, 0.29) is 11.8 Å². The van der Waals surface area contributed by atoms with Crippen molar-refractivity contribution in [2.24, 2.45) is 0 Å². The molecule has 2 aromatic carbocycles. The number of hydrogen-bond acceptors (Lipinski definition) is 5. The highest BCUT2D eigenvalue weighted by atomic mass is 35.5. The molecule has 1 fully saturated rings. The number of ether oxygens (including phenoxy) is 1. The van der Waals surface area contributed by atoms with Gasteiger partial charge in [-0.15, -0.1) is 0 Å². The van der Waals surface area contributed by atoms with Crippen molar-refractivity contribution in [2.75, 3.05) is 18.4 Å². The average Bonchev–Trinajstić information content (AvgIpc) is 2.59. The van der Waals surface area contributed by atoms with Gasteiger partial charge in [0, 0.05) is 18.5 Å². The Balaban J connectivity index is 1.71. The third kappa shape index (κ3) is 3.08. The largest absolute Gasteiger partial charge is 0.488 e. The van der Waals surface area contributed by atoms with Crippen LogP contribution >= 0.6 is 11.6 Å². The first kappa shape index (κ1) is 16.0. The zero-order chi connectivity index (χ0) is 17.4. The highest BCUT2D eigenvalue weighted by Crippen LogP contribution is 2.31. The van der Waals surface area contributed by atoms with Crippen LogP contribution in [0.5, 0.6) is 5.75 Å². The molecule has 0 bridgehead atoms. The van der Waals surface area contributed by atoms with Crippen LogP contribution in [0.1, 0.15) is 0 Å². The summed E-state index contributed by atoms with van der Waals surface area (Å²) in [5, 5.41) is 6.07. The van der Waals surface area contributed by atoms with Gasteiger partial charge >= 0.3 is 0 Å². The van der Waals surface area contributed by atoms with E-state index in [4.69, 9.17) is 16.3 Å². The third-order valence-electron chi connectivity index (χ3n) is 3.94. The molecule has 1 aromatic heterocycles. The standard InChI is InChI=1S/C17H13ClF2N4O/c18-15-12(19)2-4-14(16(15)20)24-17-11-5-9(25-10-6-21-7-10)1-3-13(11)22-8-23-17/h1-5,8,10,21H,6-7H2,(H,22,23,24). The van der Waals surface area contributed by atoms with Crippen LogP contribution < -0.4 is 15.4 Å². The number of benzene rings is 2. The summed E-state index contributed by atoms with van der Waals surface area (Å²) in [6, 6.07) is 7.78. The van der Waals surface area contributed by atoms with Gasteiger partial charge in [0.25, 0.3) is 0 Å². The molecule has 1 saturated heterocycles. The molecule has 0 amide bonds. The molecule has 0 aliphatic carbocycles. The molecule has 25 heavy (non-hydrogen) atoms. The van der Waals surface area contributed by atoms with Crippen molar-refractivity contribution < 1.29 is 13.5 Å². The lowest BCUT2D eigenvalue weighted by atomic mass is 10.2. The molecule has 2 heterocycles. The molecule has 5 nitrogen and oxygen atoms in total. The first-order valence-electron chi connectivity index (χ1n) is 7.64. The van der Waals surface area contributed by atoms with Gasteiger partial charge in [0.2, 0.25) is 0 Å². The van der Waals surface area contributed by atoms with Crippen LogP contribution in [-0.2, 0) is 0 Å². The molecular weight excluding hydrogens is 350 g/mol. The number of halogens is 3. The van der Waals surface area contributed by atoms with Gasteiger partial charge in [-0.2, -0.15) is 0 Å². The van der Waals surface area contributed by atoms with Crippen molar-refractivity contribution in [3.8, 4) is 5.75 Å². The summed E-state index contributed by atoms with van der Waals surface area (Å²) in [4.78, 5) is 8.35. The summed E-state index contributed by atoms with van der Waals surface area (Å²) in [6.07, 6.45) is 1.50. The van der Waals surface area contributed by atoms with Crippen LogP contribution in [0.4, 0.5) is 20.3 Å². The third-order valence-corrected chi connectivity index (χ3v) is 4.29. The fourth-order valence-electron chi connectivity index (χ4n) is 2.50. The second-order valence-electron chi connectivity index (χ2n) is 5.65. The molecule has 3 aromatic rings.